The number of ether oxygens (including phenoxy) is 3. The van der Waals surface area contributed by atoms with E-state index < -0.39 is 24.5 Å². The zero-order valence-corrected chi connectivity index (χ0v) is 14.7. The van der Waals surface area contributed by atoms with Crippen LogP contribution in [0.15, 0.2) is 36.9 Å². The Morgan fingerprint density at radius 1 is 1.23 bits per heavy atom. The van der Waals surface area contributed by atoms with Gasteiger partial charge in [-0.1, -0.05) is 12.1 Å². The van der Waals surface area contributed by atoms with Gasteiger partial charge < -0.3 is 19.5 Å². The quantitative estimate of drug-likeness (QED) is 0.393. The Hall–Kier alpha value is -3.29. The number of methoxy groups -OCH3 is 1. The lowest BCUT2D eigenvalue weighted by Crippen LogP contribution is -2.41. The minimum absolute atomic E-state index is 0.215. The monoisotopic (exact) mass is 362 g/mol. The first-order chi connectivity index (χ1) is 12.5. The fourth-order valence-electron chi connectivity index (χ4n) is 1.78. The molecule has 0 radical (unpaired) electrons. The zero-order valence-electron chi connectivity index (χ0n) is 14.7. The molecule has 3 amide bonds. The minimum atomic E-state index is -0.740. The summed E-state index contributed by atoms with van der Waals surface area (Å²) in [7, 11) is 1.52. The molecular weight excluding hydrogens is 340 g/mol. The molecule has 0 aliphatic carbocycles. The van der Waals surface area contributed by atoms with Gasteiger partial charge in [-0.3, -0.25) is 10.1 Å². The topological polar surface area (TPSA) is 103 Å². The van der Waals surface area contributed by atoms with Crippen molar-refractivity contribution < 1.29 is 28.6 Å². The van der Waals surface area contributed by atoms with Crippen LogP contribution in [0.3, 0.4) is 0 Å². The Kier molecular flexibility index (Phi) is 9.02. The van der Waals surface area contributed by atoms with Crippen LogP contribution in [0.2, 0.25) is 0 Å². The molecule has 1 rings (SSSR count). The van der Waals surface area contributed by atoms with Crippen LogP contribution in [0.25, 0.3) is 6.08 Å². The molecule has 0 bridgehead atoms. The first-order valence-corrected chi connectivity index (χ1v) is 7.84. The Morgan fingerprint density at radius 3 is 2.65 bits per heavy atom. The lowest BCUT2D eigenvalue weighted by Gasteiger charge is -2.09. The van der Waals surface area contributed by atoms with Crippen LogP contribution in [-0.2, 0) is 14.3 Å². The fourth-order valence-corrected chi connectivity index (χ4v) is 1.78. The Morgan fingerprint density at radius 2 is 2.00 bits per heavy atom. The highest BCUT2D eigenvalue weighted by atomic mass is 16.5. The van der Waals surface area contributed by atoms with E-state index in [1.165, 1.54) is 25.3 Å². The predicted molar refractivity (Wildman–Crippen MR) is 95.9 cm³/mol. The zero-order chi connectivity index (χ0) is 19.4. The summed E-state index contributed by atoms with van der Waals surface area (Å²) in [4.78, 5) is 34.3. The van der Waals surface area contributed by atoms with Crippen molar-refractivity contribution in [1.29, 1.82) is 0 Å². The van der Waals surface area contributed by atoms with Crippen LogP contribution >= 0.6 is 0 Å². The normalized spacial score (nSPS) is 10.1. The van der Waals surface area contributed by atoms with Gasteiger partial charge in [-0.15, -0.1) is 6.58 Å². The highest BCUT2D eigenvalue weighted by Gasteiger charge is 2.09. The molecule has 0 aliphatic rings. The number of esters is 1. The number of amides is 3. The van der Waals surface area contributed by atoms with E-state index in [2.05, 4.69) is 11.9 Å². The Balaban J connectivity index is 2.50. The summed E-state index contributed by atoms with van der Waals surface area (Å²) in [5.41, 5.74) is 0.690. The summed E-state index contributed by atoms with van der Waals surface area (Å²) in [6.45, 7) is 5.43. The van der Waals surface area contributed by atoms with Gasteiger partial charge in [0.15, 0.2) is 18.1 Å². The Labute approximate surface area is 151 Å². The average molecular weight is 362 g/mol. The van der Waals surface area contributed by atoms with Crippen molar-refractivity contribution in [3.63, 3.8) is 0 Å². The number of benzene rings is 1. The molecule has 0 saturated carbocycles. The third kappa shape index (κ3) is 7.52. The van der Waals surface area contributed by atoms with Gasteiger partial charge in [0.25, 0.3) is 5.91 Å². The molecule has 0 unspecified atom stereocenters. The van der Waals surface area contributed by atoms with Gasteiger partial charge in [0.1, 0.15) is 0 Å². The van der Waals surface area contributed by atoms with Gasteiger partial charge in [0, 0.05) is 12.6 Å². The SMILES string of the molecule is C=CCNC(=O)NC(=O)COC(=O)C=Cc1ccc(OCC)c(OC)c1. The van der Waals surface area contributed by atoms with E-state index in [1.807, 2.05) is 12.2 Å². The molecule has 0 atom stereocenters. The number of nitrogens with one attached hydrogen (secondary N) is 2. The maximum Gasteiger partial charge on any atom is 0.331 e. The van der Waals surface area contributed by atoms with Crippen LogP contribution in [0.4, 0.5) is 4.79 Å². The van der Waals surface area contributed by atoms with Crippen molar-refractivity contribution in [2.24, 2.45) is 0 Å². The van der Waals surface area contributed by atoms with Gasteiger partial charge in [-0.25, -0.2) is 9.59 Å². The van der Waals surface area contributed by atoms with Crippen molar-refractivity contribution in [3.8, 4) is 11.5 Å². The van der Waals surface area contributed by atoms with Crippen molar-refractivity contribution >= 4 is 24.0 Å². The lowest BCUT2D eigenvalue weighted by molar-refractivity contribution is -0.143. The Bertz CT molecular complexity index is 684. The largest absolute Gasteiger partial charge is 0.493 e. The highest BCUT2D eigenvalue weighted by molar-refractivity contribution is 5.96. The summed E-state index contributed by atoms with van der Waals surface area (Å²) in [5.74, 6) is -0.330. The van der Waals surface area contributed by atoms with E-state index >= 15 is 0 Å². The molecule has 26 heavy (non-hydrogen) atoms. The second-order valence-corrected chi connectivity index (χ2v) is 4.83. The molecule has 0 aromatic heterocycles. The van der Waals surface area contributed by atoms with Gasteiger partial charge in [0.05, 0.1) is 13.7 Å². The van der Waals surface area contributed by atoms with E-state index in [-0.39, 0.29) is 6.54 Å². The molecule has 140 valence electrons. The number of imide groups is 1. The third-order valence-corrected chi connectivity index (χ3v) is 2.90. The number of rotatable bonds is 9. The van der Waals surface area contributed by atoms with Crippen molar-refractivity contribution in [2.45, 2.75) is 6.92 Å². The molecule has 0 saturated heterocycles. The lowest BCUT2D eigenvalue weighted by atomic mass is 10.2. The van der Waals surface area contributed by atoms with E-state index in [0.29, 0.717) is 23.7 Å². The van der Waals surface area contributed by atoms with E-state index in [0.717, 1.165) is 0 Å². The number of hydrogen-bond acceptors (Lipinski definition) is 6. The van der Waals surface area contributed by atoms with Gasteiger partial charge in [-0.2, -0.15) is 0 Å². The summed E-state index contributed by atoms with van der Waals surface area (Å²) < 4.78 is 15.4. The third-order valence-electron chi connectivity index (χ3n) is 2.90. The van der Waals surface area contributed by atoms with E-state index in [9.17, 15) is 14.4 Å². The predicted octanol–water partition coefficient (Wildman–Crippen LogP) is 1.66. The van der Waals surface area contributed by atoms with Crippen LogP contribution in [0.1, 0.15) is 12.5 Å². The van der Waals surface area contributed by atoms with Crippen molar-refractivity contribution in [2.75, 3.05) is 26.9 Å². The molecule has 0 spiro atoms. The first kappa shape index (κ1) is 20.8. The number of carbonyl (C=O) groups excluding carboxylic acids is 3. The van der Waals surface area contributed by atoms with Crippen LogP contribution < -0.4 is 20.1 Å². The highest BCUT2D eigenvalue weighted by Crippen LogP contribution is 2.28. The van der Waals surface area contributed by atoms with E-state index in [1.54, 1.807) is 18.2 Å². The summed E-state index contributed by atoms with van der Waals surface area (Å²) in [6.07, 6.45) is 4.14. The van der Waals surface area contributed by atoms with Crippen molar-refractivity contribution in [1.82, 2.24) is 10.6 Å². The second kappa shape index (κ2) is 11.3. The average Bonchev–Trinajstić information content (AvgIpc) is 2.64. The van der Waals surface area contributed by atoms with Crippen LogP contribution in [0, 0.1) is 0 Å². The maximum absolute atomic E-state index is 11.6. The molecule has 0 heterocycles. The standard InChI is InChI=1S/C18H22N2O6/c1-4-10-19-18(23)20-16(21)12-26-17(22)9-7-13-6-8-14(25-5-2)15(11-13)24-3/h4,6-9,11H,1,5,10,12H2,2-3H3,(H2,19,20,21,23). The van der Waals surface area contributed by atoms with Crippen LogP contribution in [-0.4, -0.2) is 44.8 Å². The smallest absolute Gasteiger partial charge is 0.331 e. The second-order valence-electron chi connectivity index (χ2n) is 4.83. The summed E-state index contributed by atoms with van der Waals surface area (Å²) in [5, 5.41) is 4.36. The van der Waals surface area contributed by atoms with E-state index in [4.69, 9.17) is 14.2 Å². The first-order valence-electron chi connectivity index (χ1n) is 7.84. The minimum Gasteiger partial charge on any atom is -0.493 e. The fraction of sp³-hybridized carbons (Fsp3) is 0.278. The molecule has 1 aromatic rings. The number of carbonyl (C=O) groups is 3. The van der Waals surface area contributed by atoms with Gasteiger partial charge >= 0.3 is 12.0 Å². The molecule has 2 N–H and O–H groups in total. The van der Waals surface area contributed by atoms with Gasteiger partial charge in [0.2, 0.25) is 0 Å². The van der Waals surface area contributed by atoms with Gasteiger partial charge in [-0.05, 0) is 30.7 Å². The summed E-state index contributed by atoms with van der Waals surface area (Å²) in [6, 6.07) is 4.48. The summed E-state index contributed by atoms with van der Waals surface area (Å²) >= 11 is 0. The van der Waals surface area contributed by atoms with Crippen LogP contribution in [0.5, 0.6) is 11.5 Å². The maximum atomic E-state index is 11.6. The number of hydrogen-bond donors (Lipinski definition) is 2. The molecule has 0 fully saturated rings. The molecular formula is C18H22N2O6. The molecule has 1 aromatic carbocycles. The van der Waals surface area contributed by atoms with Crippen molar-refractivity contribution in [3.05, 3.63) is 42.5 Å². The molecule has 8 nitrogen and oxygen atoms in total. The molecule has 0 aliphatic heterocycles. The number of urea groups is 1. The molecule has 8 heteroatoms.